The maximum absolute atomic E-state index is 13.3. The average Bonchev–Trinajstić information content (AvgIpc) is 2.81. The average molecular weight is 474 g/mol. The van der Waals surface area contributed by atoms with Crippen LogP contribution in [0, 0.1) is 0 Å². The molecule has 0 N–H and O–H groups in total. The van der Waals surface area contributed by atoms with Gasteiger partial charge in [-0.1, -0.05) is 36.4 Å². The minimum Gasteiger partial charge on any atom is -0.497 e. The molecule has 0 aromatic heterocycles. The number of rotatable bonds is 6. The summed E-state index contributed by atoms with van der Waals surface area (Å²) in [7, 11) is 1.68. The Bertz CT molecular complexity index is 908. The zero-order chi connectivity index (χ0) is 20.8. The number of nitrogens with zero attached hydrogens (tertiary/aromatic N) is 3. The standard InChI is InChI=1S/C25H27N3O2.2ClH/c1-30-24-14-12-21(13-15-24)27-18-16-26(17-19-27)20-25(29)28(22-8-4-2-5-9-22)23-10-6-3-7-11-23;;/h2-15H,16-20H2,1H3;2*1H. The van der Waals surface area contributed by atoms with Gasteiger partial charge in [0, 0.05) is 43.2 Å². The minimum absolute atomic E-state index is 0. The highest BCUT2D eigenvalue weighted by Gasteiger charge is 2.23. The first-order chi connectivity index (χ1) is 14.7. The van der Waals surface area contributed by atoms with E-state index in [4.69, 9.17) is 4.74 Å². The number of piperazine rings is 1. The summed E-state index contributed by atoms with van der Waals surface area (Å²) in [5, 5.41) is 0. The van der Waals surface area contributed by atoms with Crippen molar-refractivity contribution in [2.24, 2.45) is 0 Å². The van der Waals surface area contributed by atoms with Gasteiger partial charge < -0.3 is 9.64 Å². The molecule has 0 spiro atoms. The van der Waals surface area contributed by atoms with Crippen molar-refractivity contribution in [1.82, 2.24) is 4.90 Å². The molecular weight excluding hydrogens is 445 g/mol. The molecule has 3 aromatic rings. The lowest BCUT2D eigenvalue weighted by Crippen LogP contribution is -2.49. The summed E-state index contributed by atoms with van der Waals surface area (Å²) >= 11 is 0. The smallest absolute Gasteiger partial charge is 0.245 e. The maximum atomic E-state index is 13.3. The molecule has 1 heterocycles. The molecule has 0 atom stereocenters. The van der Waals surface area contributed by atoms with Gasteiger partial charge in [0.1, 0.15) is 5.75 Å². The van der Waals surface area contributed by atoms with Crippen LogP contribution in [0.1, 0.15) is 0 Å². The van der Waals surface area contributed by atoms with E-state index in [1.807, 2.05) is 77.7 Å². The molecule has 0 bridgehead atoms. The molecular formula is C25H29Cl2N3O2. The van der Waals surface area contributed by atoms with Crippen molar-refractivity contribution in [3.63, 3.8) is 0 Å². The SMILES string of the molecule is COc1ccc(N2CCN(CC(=O)N(c3ccccc3)c3ccccc3)CC2)cc1.Cl.Cl. The fourth-order valence-corrected chi connectivity index (χ4v) is 3.81. The monoisotopic (exact) mass is 473 g/mol. The highest BCUT2D eigenvalue weighted by Crippen LogP contribution is 2.26. The number of hydrogen-bond acceptors (Lipinski definition) is 4. The van der Waals surface area contributed by atoms with Crippen molar-refractivity contribution in [2.45, 2.75) is 0 Å². The van der Waals surface area contributed by atoms with E-state index < -0.39 is 0 Å². The summed E-state index contributed by atoms with van der Waals surface area (Å²) in [6.45, 7) is 3.91. The first-order valence-corrected chi connectivity index (χ1v) is 10.3. The topological polar surface area (TPSA) is 36.0 Å². The van der Waals surface area contributed by atoms with Crippen LogP contribution < -0.4 is 14.5 Å². The summed E-state index contributed by atoms with van der Waals surface area (Å²) < 4.78 is 5.24. The van der Waals surface area contributed by atoms with Crippen LogP contribution in [0.25, 0.3) is 0 Å². The Morgan fingerprint density at radius 1 is 0.781 bits per heavy atom. The third-order valence-corrected chi connectivity index (χ3v) is 5.45. The van der Waals surface area contributed by atoms with E-state index in [1.165, 1.54) is 5.69 Å². The number of anilines is 3. The Morgan fingerprint density at radius 2 is 1.28 bits per heavy atom. The summed E-state index contributed by atoms with van der Waals surface area (Å²) in [4.78, 5) is 19.7. The Balaban J connectivity index is 0.00000181. The number of amides is 1. The van der Waals surface area contributed by atoms with Crippen molar-refractivity contribution < 1.29 is 9.53 Å². The van der Waals surface area contributed by atoms with E-state index in [0.717, 1.165) is 43.3 Å². The first kappa shape index (κ1) is 25.5. The van der Waals surface area contributed by atoms with E-state index in [9.17, 15) is 4.79 Å². The fourth-order valence-electron chi connectivity index (χ4n) is 3.81. The third-order valence-electron chi connectivity index (χ3n) is 5.45. The summed E-state index contributed by atoms with van der Waals surface area (Å²) in [5.41, 5.74) is 2.98. The van der Waals surface area contributed by atoms with Crippen molar-refractivity contribution in [3.8, 4) is 5.75 Å². The third kappa shape index (κ3) is 6.16. The number of para-hydroxylation sites is 2. The second-order valence-corrected chi connectivity index (χ2v) is 7.36. The molecule has 1 amide bonds. The molecule has 0 saturated carbocycles. The molecule has 1 fully saturated rings. The Morgan fingerprint density at radius 3 is 1.75 bits per heavy atom. The molecule has 1 saturated heterocycles. The molecule has 4 rings (SSSR count). The van der Waals surface area contributed by atoms with Crippen LogP contribution in [-0.2, 0) is 4.79 Å². The lowest BCUT2D eigenvalue weighted by molar-refractivity contribution is -0.119. The zero-order valence-electron chi connectivity index (χ0n) is 18.1. The summed E-state index contributed by atoms with van der Waals surface area (Å²) in [5.74, 6) is 0.954. The van der Waals surface area contributed by atoms with Gasteiger partial charge in [-0.25, -0.2) is 0 Å². The molecule has 3 aromatic carbocycles. The Hall–Kier alpha value is -2.73. The van der Waals surface area contributed by atoms with Crippen molar-refractivity contribution in [3.05, 3.63) is 84.9 Å². The van der Waals surface area contributed by atoms with Crippen LogP contribution in [0.3, 0.4) is 0 Å². The number of hydrogen-bond donors (Lipinski definition) is 0. The van der Waals surface area contributed by atoms with Crippen LogP contribution in [0.4, 0.5) is 17.1 Å². The Labute approximate surface area is 202 Å². The van der Waals surface area contributed by atoms with Gasteiger partial charge >= 0.3 is 0 Å². The predicted molar refractivity (Wildman–Crippen MR) is 136 cm³/mol. The molecule has 0 radical (unpaired) electrons. The lowest BCUT2D eigenvalue weighted by atomic mass is 10.2. The van der Waals surface area contributed by atoms with E-state index in [0.29, 0.717) is 6.54 Å². The van der Waals surface area contributed by atoms with E-state index >= 15 is 0 Å². The van der Waals surface area contributed by atoms with Gasteiger partial charge in [0.15, 0.2) is 0 Å². The second kappa shape index (κ2) is 12.3. The van der Waals surface area contributed by atoms with Gasteiger partial charge in [0.05, 0.1) is 13.7 Å². The highest BCUT2D eigenvalue weighted by molar-refractivity contribution is 6.01. The van der Waals surface area contributed by atoms with Crippen LogP contribution >= 0.6 is 24.8 Å². The first-order valence-electron chi connectivity index (χ1n) is 10.3. The van der Waals surface area contributed by atoms with E-state index in [1.54, 1.807) is 7.11 Å². The van der Waals surface area contributed by atoms with E-state index in [2.05, 4.69) is 21.9 Å². The molecule has 32 heavy (non-hydrogen) atoms. The van der Waals surface area contributed by atoms with Crippen LogP contribution in [0.15, 0.2) is 84.9 Å². The number of methoxy groups -OCH3 is 1. The van der Waals surface area contributed by atoms with Gasteiger partial charge in [0.25, 0.3) is 0 Å². The highest BCUT2D eigenvalue weighted by atomic mass is 35.5. The zero-order valence-corrected chi connectivity index (χ0v) is 19.7. The largest absolute Gasteiger partial charge is 0.497 e. The minimum atomic E-state index is 0. The quantitative estimate of drug-likeness (QED) is 0.503. The number of halogens is 2. The number of ether oxygens (including phenoxy) is 1. The molecule has 5 nitrogen and oxygen atoms in total. The number of carbonyl (C=O) groups is 1. The molecule has 1 aliphatic rings. The van der Waals surface area contributed by atoms with Crippen molar-refractivity contribution in [2.75, 3.05) is 49.6 Å². The van der Waals surface area contributed by atoms with Gasteiger partial charge in [-0.05, 0) is 48.5 Å². The fraction of sp³-hybridized carbons (Fsp3) is 0.240. The second-order valence-electron chi connectivity index (χ2n) is 7.36. The molecule has 0 unspecified atom stereocenters. The lowest BCUT2D eigenvalue weighted by Gasteiger charge is -2.36. The van der Waals surface area contributed by atoms with Gasteiger partial charge in [-0.15, -0.1) is 24.8 Å². The van der Waals surface area contributed by atoms with Gasteiger partial charge in [0.2, 0.25) is 5.91 Å². The number of carbonyl (C=O) groups excluding carboxylic acids is 1. The molecule has 170 valence electrons. The van der Waals surface area contributed by atoms with Crippen molar-refractivity contribution in [1.29, 1.82) is 0 Å². The molecule has 0 aliphatic carbocycles. The van der Waals surface area contributed by atoms with Crippen LogP contribution in [0.2, 0.25) is 0 Å². The predicted octanol–water partition coefficient (Wildman–Crippen LogP) is 5.03. The molecule has 7 heteroatoms. The van der Waals surface area contributed by atoms with Gasteiger partial charge in [-0.3, -0.25) is 14.6 Å². The van der Waals surface area contributed by atoms with Crippen molar-refractivity contribution >= 4 is 47.8 Å². The van der Waals surface area contributed by atoms with Crippen LogP contribution in [-0.4, -0.2) is 50.6 Å². The van der Waals surface area contributed by atoms with E-state index in [-0.39, 0.29) is 30.7 Å². The summed E-state index contributed by atoms with van der Waals surface area (Å²) in [6, 6.07) is 27.9. The molecule has 1 aliphatic heterocycles. The maximum Gasteiger partial charge on any atom is 0.245 e. The Kier molecular flexibility index (Phi) is 9.85. The van der Waals surface area contributed by atoms with Crippen LogP contribution in [0.5, 0.6) is 5.75 Å². The normalized spacial score (nSPS) is 13.5. The van der Waals surface area contributed by atoms with Gasteiger partial charge in [-0.2, -0.15) is 0 Å². The number of benzene rings is 3. The summed E-state index contributed by atoms with van der Waals surface area (Å²) in [6.07, 6.45) is 0.